The predicted octanol–water partition coefficient (Wildman–Crippen LogP) is 3.03. The Morgan fingerprint density at radius 2 is 1.90 bits per heavy atom. The Bertz CT molecular complexity index is 355. The maximum atomic E-state index is 6.32. The molecule has 0 aromatic rings. The van der Waals surface area contributed by atoms with Crippen LogP contribution in [0, 0.1) is 17.3 Å². The lowest BCUT2D eigenvalue weighted by molar-refractivity contribution is -0.102. The Morgan fingerprint density at radius 3 is 2.71 bits per heavy atom. The number of morpholine rings is 1. The Kier molecular flexibility index (Phi) is 4.63. The molecule has 0 amide bonds. The average Bonchev–Trinajstić information content (AvgIpc) is 2.48. The summed E-state index contributed by atoms with van der Waals surface area (Å²) in [5.74, 6) is 1.41. The van der Waals surface area contributed by atoms with E-state index in [2.05, 4.69) is 25.7 Å². The van der Waals surface area contributed by atoms with Crippen LogP contribution in [0.15, 0.2) is 0 Å². The summed E-state index contributed by atoms with van der Waals surface area (Å²) in [6.07, 6.45) is 8.37. The van der Waals surface area contributed by atoms with Crippen molar-refractivity contribution in [3.63, 3.8) is 0 Å². The van der Waals surface area contributed by atoms with Crippen LogP contribution < -0.4 is 5.73 Å². The van der Waals surface area contributed by atoms with Crippen LogP contribution in [0.2, 0.25) is 0 Å². The fourth-order valence-corrected chi connectivity index (χ4v) is 4.95. The van der Waals surface area contributed by atoms with Crippen molar-refractivity contribution in [2.75, 3.05) is 19.7 Å². The average molecular weight is 294 g/mol. The fraction of sp³-hybridized carbons (Fsp3) is 1.00. The third kappa shape index (κ3) is 3.02. The van der Waals surface area contributed by atoms with Gasteiger partial charge in [0.25, 0.3) is 0 Å². The summed E-state index contributed by atoms with van der Waals surface area (Å²) in [6.45, 7) is 10.6. The first kappa shape index (κ1) is 15.8. The zero-order chi connectivity index (χ0) is 15.0. The van der Waals surface area contributed by atoms with Crippen LogP contribution in [-0.4, -0.2) is 42.8 Å². The van der Waals surface area contributed by atoms with Crippen molar-refractivity contribution in [1.29, 1.82) is 0 Å². The molecule has 3 aliphatic rings. The molecule has 5 atom stereocenters. The molecule has 122 valence electrons. The van der Waals surface area contributed by atoms with Gasteiger partial charge in [0.15, 0.2) is 0 Å². The van der Waals surface area contributed by atoms with E-state index in [-0.39, 0.29) is 0 Å². The molecule has 21 heavy (non-hydrogen) atoms. The highest BCUT2D eigenvalue weighted by atomic mass is 16.5. The highest BCUT2D eigenvalue weighted by molar-refractivity contribution is 4.96. The zero-order valence-corrected chi connectivity index (χ0v) is 14.2. The summed E-state index contributed by atoms with van der Waals surface area (Å²) in [4.78, 5) is 2.77. The van der Waals surface area contributed by atoms with Gasteiger partial charge in [-0.3, -0.25) is 4.90 Å². The zero-order valence-electron chi connectivity index (χ0n) is 14.2. The van der Waals surface area contributed by atoms with Gasteiger partial charge in [0.1, 0.15) is 0 Å². The highest BCUT2D eigenvalue weighted by Gasteiger charge is 2.44. The first-order chi connectivity index (χ1) is 10.00. The molecule has 0 spiro atoms. The maximum absolute atomic E-state index is 6.32. The van der Waals surface area contributed by atoms with Crippen molar-refractivity contribution in [3.05, 3.63) is 0 Å². The lowest BCUT2D eigenvalue weighted by Gasteiger charge is -2.51. The monoisotopic (exact) mass is 294 g/mol. The summed E-state index contributed by atoms with van der Waals surface area (Å²) in [6, 6.07) is 1.08. The van der Waals surface area contributed by atoms with Crippen LogP contribution in [0.4, 0.5) is 0 Å². The Hall–Kier alpha value is -0.120. The third-order valence-corrected chi connectivity index (χ3v) is 7.02. The second kappa shape index (κ2) is 6.17. The molecule has 5 unspecified atom stereocenters. The van der Waals surface area contributed by atoms with Gasteiger partial charge < -0.3 is 10.5 Å². The second-order valence-electron chi connectivity index (χ2n) is 8.30. The van der Waals surface area contributed by atoms with Gasteiger partial charge in [0, 0.05) is 25.2 Å². The minimum absolute atomic E-state index is 0.361. The molecule has 2 saturated carbocycles. The van der Waals surface area contributed by atoms with E-state index >= 15 is 0 Å². The molecule has 3 fully saturated rings. The van der Waals surface area contributed by atoms with E-state index in [9.17, 15) is 0 Å². The second-order valence-corrected chi connectivity index (χ2v) is 8.30. The lowest BCUT2D eigenvalue weighted by Crippen LogP contribution is -2.56. The number of ether oxygens (including phenoxy) is 1. The largest absolute Gasteiger partial charge is 0.375 e. The van der Waals surface area contributed by atoms with Crippen LogP contribution in [0.3, 0.4) is 0 Å². The molecule has 0 aromatic carbocycles. The molecule has 2 N–H and O–H groups in total. The third-order valence-electron chi connectivity index (χ3n) is 7.02. The summed E-state index contributed by atoms with van der Waals surface area (Å²) < 4.78 is 6.03. The van der Waals surface area contributed by atoms with Gasteiger partial charge in [-0.2, -0.15) is 0 Å². The SMILES string of the molecule is CC1C(N)CCC(CN2CCOC3CCCCC32)C1(C)C. The number of hydrogen-bond acceptors (Lipinski definition) is 3. The molecular weight excluding hydrogens is 260 g/mol. The molecule has 2 aliphatic carbocycles. The van der Waals surface area contributed by atoms with Crippen molar-refractivity contribution in [3.8, 4) is 0 Å². The minimum atomic E-state index is 0.361. The number of nitrogens with two attached hydrogens (primary N) is 1. The van der Waals surface area contributed by atoms with Crippen LogP contribution in [0.5, 0.6) is 0 Å². The van der Waals surface area contributed by atoms with Gasteiger partial charge in [-0.05, 0) is 42.9 Å². The fourth-order valence-electron chi connectivity index (χ4n) is 4.95. The van der Waals surface area contributed by atoms with Crippen LogP contribution >= 0.6 is 0 Å². The molecule has 3 heteroatoms. The predicted molar refractivity (Wildman–Crippen MR) is 87.2 cm³/mol. The van der Waals surface area contributed by atoms with Crippen molar-refractivity contribution >= 4 is 0 Å². The molecule has 0 radical (unpaired) electrons. The summed E-state index contributed by atoms with van der Waals surface area (Å²) >= 11 is 0. The number of nitrogens with zero attached hydrogens (tertiary/aromatic N) is 1. The molecular formula is C18H34N2O. The Labute approximate surface area is 130 Å². The van der Waals surface area contributed by atoms with Crippen LogP contribution in [-0.2, 0) is 4.74 Å². The van der Waals surface area contributed by atoms with E-state index in [1.807, 2.05) is 0 Å². The quantitative estimate of drug-likeness (QED) is 0.851. The van der Waals surface area contributed by atoms with Gasteiger partial charge in [0.05, 0.1) is 12.7 Å². The van der Waals surface area contributed by atoms with E-state index in [4.69, 9.17) is 10.5 Å². The normalized spacial score (nSPS) is 44.3. The first-order valence-corrected chi connectivity index (χ1v) is 9.11. The Balaban J connectivity index is 1.67. The number of fused-ring (bicyclic) bond motifs is 1. The molecule has 1 aliphatic heterocycles. The summed E-state index contributed by atoms with van der Waals surface area (Å²) in [7, 11) is 0. The highest BCUT2D eigenvalue weighted by Crippen LogP contribution is 2.45. The molecule has 3 rings (SSSR count). The van der Waals surface area contributed by atoms with Crippen LogP contribution in [0.25, 0.3) is 0 Å². The smallest absolute Gasteiger partial charge is 0.0730 e. The minimum Gasteiger partial charge on any atom is -0.375 e. The number of hydrogen-bond donors (Lipinski definition) is 1. The van der Waals surface area contributed by atoms with E-state index in [0.29, 0.717) is 29.5 Å². The topological polar surface area (TPSA) is 38.5 Å². The lowest BCUT2D eigenvalue weighted by atomic mass is 9.61. The van der Waals surface area contributed by atoms with Gasteiger partial charge in [-0.1, -0.05) is 33.6 Å². The standard InChI is InChI=1S/C18H34N2O/c1-13-15(19)9-8-14(18(13,2)3)12-20-10-11-21-17-7-5-4-6-16(17)20/h13-17H,4-12,19H2,1-3H3. The number of rotatable bonds is 2. The molecule has 0 bridgehead atoms. The molecule has 0 aromatic heterocycles. The van der Waals surface area contributed by atoms with Gasteiger partial charge >= 0.3 is 0 Å². The van der Waals surface area contributed by atoms with Crippen molar-refractivity contribution < 1.29 is 4.74 Å². The van der Waals surface area contributed by atoms with Crippen molar-refractivity contribution in [2.45, 2.75) is 77.5 Å². The van der Waals surface area contributed by atoms with Crippen molar-refractivity contribution in [2.24, 2.45) is 23.0 Å². The molecule has 3 nitrogen and oxygen atoms in total. The van der Waals surface area contributed by atoms with E-state index < -0.39 is 0 Å². The molecule has 1 heterocycles. The summed E-state index contributed by atoms with van der Waals surface area (Å²) in [5.41, 5.74) is 6.68. The summed E-state index contributed by atoms with van der Waals surface area (Å²) in [5, 5.41) is 0. The molecule has 1 saturated heterocycles. The van der Waals surface area contributed by atoms with Gasteiger partial charge in [-0.25, -0.2) is 0 Å². The van der Waals surface area contributed by atoms with E-state index in [1.54, 1.807) is 0 Å². The van der Waals surface area contributed by atoms with E-state index in [1.165, 1.54) is 45.1 Å². The van der Waals surface area contributed by atoms with Crippen molar-refractivity contribution in [1.82, 2.24) is 4.90 Å². The van der Waals surface area contributed by atoms with Gasteiger partial charge in [0.2, 0.25) is 0 Å². The first-order valence-electron chi connectivity index (χ1n) is 9.11. The Morgan fingerprint density at radius 1 is 1.14 bits per heavy atom. The van der Waals surface area contributed by atoms with Crippen LogP contribution in [0.1, 0.15) is 59.3 Å². The van der Waals surface area contributed by atoms with Gasteiger partial charge in [-0.15, -0.1) is 0 Å². The maximum Gasteiger partial charge on any atom is 0.0730 e. The van der Waals surface area contributed by atoms with E-state index in [0.717, 1.165) is 19.1 Å².